The summed E-state index contributed by atoms with van der Waals surface area (Å²) >= 11 is 1.44. The Kier molecular flexibility index (Phi) is 6.26. The van der Waals surface area contributed by atoms with Crippen LogP contribution in [0.1, 0.15) is 23.0 Å². The standard InChI is InChI=1S/C24H23FN10OS/c1-15-8-19(33(3)32-15)18-12-37-23(30-18)31-20-5-4-16(9-27-20)21(36)35-7-6-34(14-24(35,2)13-26)22-28-10-17(25)11-29-22/h4-5,8-12H,6-7,14H2,1-3H3,(H,27,30,31)/t24-/m1/s1. The predicted octanol–water partition coefficient (Wildman–Crippen LogP) is 3.16. The summed E-state index contributed by atoms with van der Waals surface area (Å²) in [6.07, 6.45) is 3.64. The van der Waals surface area contributed by atoms with Gasteiger partial charge in [-0.1, -0.05) is 0 Å². The van der Waals surface area contributed by atoms with E-state index in [2.05, 4.69) is 36.4 Å². The highest BCUT2D eigenvalue weighted by Crippen LogP contribution is 2.28. The van der Waals surface area contributed by atoms with Crippen molar-refractivity contribution in [2.45, 2.75) is 19.4 Å². The van der Waals surface area contributed by atoms with E-state index in [4.69, 9.17) is 0 Å². The SMILES string of the molecule is Cc1cc(-c2csc(Nc3ccc(C(=O)N4CCN(c5ncc(F)cn5)C[C@@]4(C)C#N)cn3)n2)n(C)n1. The van der Waals surface area contributed by atoms with Crippen LogP contribution < -0.4 is 10.2 Å². The minimum atomic E-state index is -1.13. The van der Waals surface area contributed by atoms with Gasteiger partial charge in [-0.3, -0.25) is 9.48 Å². The maximum absolute atomic E-state index is 13.3. The fourth-order valence-electron chi connectivity index (χ4n) is 4.22. The summed E-state index contributed by atoms with van der Waals surface area (Å²) in [4.78, 5) is 33.6. The Morgan fingerprint density at radius 2 is 2.00 bits per heavy atom. The van der Waals surface area contributed by atoms with Gasteiger partial charge in [-0.25, -0.2) is 24.3 Å². The van der Waals surface area contributed by atoms with Crippen LogP contribution in [0.15, 0.2) is 42.2 Å². The molecule has 188 valence electrons. The van der Waals surface area contributed by atoms with Crippen LogP contribution in [0.5, 0.6) is 0 Å². The van der Waals surface area contributed by atoms with E-state index in [1.165, 1.54) is 22.4 Å². The van der Waals surface area contributed by atoms with E-state index >= 15 is 0 Å². The lowest BCUT2D eigenvalue weighted by Crippen LogP contribution is -2.62. The van der Waals surface area contributed by atoms with Gasteiger partial charge in [0, 0.05) is 31.7 Å². The number of carbonyl (C=O) groups excluding carboxylic acids is 1. The van der Waals surface area contributed by atoms with Crippen molar-refractivity contribution < 1.29 is 9.18 Å². The number of nitriles is 1. The Balaban J connectivity index is 1.27. The summed E-state index contributed by atoms with van der Waals surface area (Å²) in [6, 6.07) is 7.59. The van der Waals surface area contributed by atoms with Gasteiger partial charge in [0.05, 0.1) is 42.0 Å². The number of carbonyl (C=O) groups is 1. The first-order chi connectivity index (χ1) is 17.8. The van der Waals surface area contributed by atoms with Crippen LogP contribution in [0.2, 0.25) is 0 Å². The van der Waals surface area contributed by atoms with Gasteiger partial charge in [0.15, 0.2) is 10.9 Å². The van der Waals surface area contributed by atoms with Crippen molar-refractivity contribution >= 4 is 34.1 Å². The molecule has 1 atom stereocenters. The van der Waals surface area contributed by atoms with Crippen molar-refractivity contribution in [1.82, 2.24) is 34.6 Å². The molecule has 1 N–H and O–H groups in total. The number of hydrogen-bond donors (Lipinski definition) is 1. The maximum Gasteiger partial charge on any atom is 0.256 e. The van der Waals surface area contributed by atoms with Crippen molar-refractivity contribution in [3.8, 4) is 17.5 Å². The quantitative estimate of drug-likeness (QED) is 0.423. The molecule has 13 heteroatoms. The van der Waals surface area contributed by atoms with Gasteiger partial charge >= 0.3 is 0 Å². The smallest absolute Gasteiger partial charge is 0.256 e. The zero-order valence-corrected chi connectivity index (χ0v) is 21.2. The van der Waals surface area contributed by atoms with Gasteiger partial charge in [0.1, 0.15) is 17.1 Å². The third kappa shape index (κ3) is 4.83. The second kappa shape index (κ2) is 9.55. The average molecular weight is 519 g/mol. The van der Waals surface area contributed by atoms with E-state index in [-0.39, 0.29) is 19.0 Å². The molecule has 1 aliphatic heterocycles. The molecular weight excluding hydrogens is 495 g/mol. The Hall–Kier alpha value is -4.44. The minimum absolute atomic E-state index is 0.191. The molecule has 5 heterocycles. The number of amides is 1. The van der Waals surface area contributed by atoms with E-state index in [0.29, 0.717) is 29.0 Å². The molecule has 0 bridgehead atoms. The van der Waals surface area contributed by atoms with Gasteiger partial charge < -0.3 is 15.1 Å². The largest absolute Gasteiger partial charge is 0.336 e. The first-order valence-electron chi connectivity index (χ1n) is 11.4. The van der Waals surface area contributed by atoms with Gasteiger partial charge in [-0.2, -0.15) is 10.4 Å². The van der Waals surface area contributed by atoms with E-state index < -0.39 is 11.4 Å². The molecule has 11 nitrogen and oxygen atoms in total. The van der Waals surface area contributed by atoms with Crippen LogP contribution in [0.25, 0.3) is 11.4 Å². The number of rotatable bonds is 5. The molecule has 4 aromatic heterocycles. The number of aryl methyl sites for hydroxylation is 2. The molecule has 0 unspecified atom stereocenters. The summed E-state index contributed by atoms with van der Waals surface area (Å²) in [6.45, 7) is 4.49. The number of piperazine rings is 1. The van der Waals surface area contributed by atoms with Crippen molar-refractivity contribution in [2.75, 3.05) is 29.9 Å². The number of anilines is 3. The Morgan fingerprint density at radius 1 is 1.22 bits per heavy atom. The van der Waals surface area contributed by atoms with E-state index in [0.717, 1.165) is 29.5 Å². The van der Waals surface area contributed by atoms with Gasteiger partial charge in [-0.05, 0) is 32.0 Å². The van der Waals surface area contributed by atoms with Crippen molar-refractivity contribution in [1.29, 1.82) is 5.26 Å². The fraction of sp³-hybridized carbons (Fsp3) is 0.292. The molecule has 1 amide bonds. The van der Waals surface area contributed by atoms with Crippen molar-refractivity contribution in [3.63, 3.8) is 0 Å². The van der Waals surface area contributed by atoms with Crippen molar-refractivity contribution in [3.05, 3.63) is 59.2 Å². The maximum atomic E-state index is 13.3. The number of aromatic nitrogens is 6. The Bertz CT molecular complexity index is 1480. The van der Waals surface area contributed by atoms with E-state index in [9.17, 15) is 14.4 Å². The first-order valence-corrected chi connectivity index (χ1v) is 12.3. The second-order valence-corrected chi connectivity index (χ2v) is 9.71. The summed E-state index contributed by atoms with van der Waals surface area (Å²) in [5.74, 6) is 0.0200. The number of thiazole rings is 1. The molecule has 0 aliphatic carbocycles. The number of halogens is 1. The lowest BCUT2D eigenvalue weighted by molar-refractivity contribution is 0.0582. The fourth-order valence-corrected chi connectivity index (χ4v) is 4.93. The molecule has 1 aliphatic rings. The summed E-state index contributed by atoms with van der Waals surface area (Å²) in [5, 5.41) is 20.1. The monoisotopic (exact) mass is 518 g/mol. The lowest BCUT2D eigenvalue weighted by Gasteiger charge is -2.44. The van der Waals surface area contributed by atoms with Crippen LogP contribution >= 0.6 is 11.3 Å². The van der Waals surface area contributed by atoms with Crippen LogP contribution in [-0.2, 0) is 7.05 Å². The molecule has 0 spiro atoms. The highest BCUT2D eigenvalue weighted by molar-refractivity contribution is 7.14. The highest BCUT2D eigenvalue weighted by atomic mass is 32.1. The molecule has 5 rings (SSSR count). The molecule has 37 heavy (non-hydrogen) atoms. The van der Waals surface area contributed by atoms with Crippen LogP contribution in [0.3, 0.4) is 0 Å². The zero-order chi connectivity index (χ0) is 26.2. The third-order valence-electron chi connectivity index (χ3n) is 6.08. The third-order valence-corrected chi connectivity index (χ3v) is 6.84. The predicted molar refractivity (Wildman–Crippen MR) is 136 cm³/mol. The number of hydrogen-bond acceptors (Lipinski definition) is 10. The minimum Gasteiger partial charge on any atom is -0.336 e. The summed E-state index contributed by atoms with van der Waals surface area (Å²) in [5.41, 5.74) is 1.87. The zero-order valence-electron chi connectivity index (χ0n) is 20.4. The van der Waals surface area contributed by atoms with Crippen molar-refractivity contribution in [2.24, 2.45) is 7.05 Å². The molecule has 1 saturated heterocycles. The lowest BCUT2D eigenvalue weighted by atomic mass is 9.97. The molecular formula is C24H23FN10OS. The molecule has 0 radical (unpaired) electrons. The van der Waals surface area contributed by atoms with Gasteiger partial charge in [-0.15, -0.1) is 11.3 Å². The number of nitrogens with one attached hydrogen (secondary N) is 1. The van der Waals surface area contributed by atoms with Crippen LogP contribution in [0.4, 0.5) is 21.3 Å². The molecule has 0 aromatic carbocycles. The van der Waals surface area contributed by atoms with Crippen LogP contribution in [-0.4, -0.2) is 65.7 Å². The van der Waals surface area contributed by atoms with E-state index in [1.54, 1.807) is 28.6 Å². The van der Waals surface area contributed by atoms with Gasteiger partial charge in [0.25, 0.3) is 5.91 Å². The first kappa shape index (κ1) is 24.3. The average Bonchev–Trinajstić information content (AvgIpc) is 3.49. The molecule has 0 saturated carbocycles. The Morgan fingerprint density at radius 3 is 2.65 bits per heavy atom. The number of nitrogens with zero attached hydrogens (tertiary/aromatic N) is 9. The Labute approximate surface area is 216 Å². The number of pyridine rings is 1. The molecule has 4 aromatic rings. The summed E-state index contributed by atoms with van der Waals surface area (Å²) in [7, 11) is 1.87. The highest BCUT2D eigenvalue weighted by Gasteiger charge is 2.42. The molecule has 1 fully saturated rings. The van der Waals surface area contributed by atoms with Crippen LogP contribution in [0, 0.1) is 24.1 Å². The summed E-state index contributed by atoms with van der Waals surface area (Å²) < 4.78 is 15.0. The normalized spacial score (nSPS) is 17.5. The van der Waals surface area contributed by atoms with Gasteiger partial charge in [0.2, 0.25) is 5.95 Å². The van der Waals surface area contributed by atoms with E-state index in [1.807, 2.05) is 25.4 Å². The second-order valence-electron chi connectivity index (χ2n) is 8.85. The topological polar surface area (TPSA) is 129 Å².